The van der Waals surface area contributed by atoms with E-state index in [0.717, 1.165) is 0 Å². The standard InChI is InChI=1S/C11H15ClN2O2/c1-11(2,3)14-10(15)7-5-8(12)13-9(6-7)16-4/h5-6H,1-4H3,(H,14,15). The lowest BCUT2D eigenvalue weighted by atomic mass is 10.1. The van der Waals surface area contributed by atoms with Crippen LogP contribution < -0.4 is 10.1 Å². The van der Waals surface area contributed by atoms with Crippen molar-refractivity contribution < 1.29 is 9.53 Å². The van der Waals surface area contributed by atoms with Gasteiger partial charge in [-0.25, -0.2) is 4.98 Å². The minimum atomic E-state index is -0.292. The molecule has 1 aromatic rings. The zero-order valence-electron chi connectivity index (χ0n) is 9.80. The Hall–Kier alpha value is -1.29. The third-order valence-electron chi connectivity index (χ3n) is 1.73. The first-order chi connectivity index (χ1) is 7.31. The zero-order valence-corrected chi connectivity index (χ0v) is 10.6. The first-order valence-corrected chi connectivity index (χ1v) is 5.24. The van der Waals surface area contributed by atoms with E-state index in [4.69, 9.17) is 16.3 Å². The highest BCUT2D eigenvalue weighted by molar-refractivity contribution is 6.29. The highest BCUT2D eigenvalue weighted by Crippen LogP contribution is 2.16. The fourth-order valence-electron chi connectivity index (χ4n) is 1.12. The molecule has 0 radical (unpaired) electrons. The minimum absolute atomic E-state index is 0.199. The van der Waals surface area contributed by atoms with Gasteiger partial charge in [0.2, 0.25) is 5.88 Å². The molecule has 0 aliphatic carbocycles. The first-order valence-electron chi connectivity index (χ1n) is 4.86. The second-order valence-electron chi connectivity index (χ2n) is 4.43. The number of nitrogens with zero attached hydrogens (tertiary/aromatic N) is 1. The molecular formula is C11H15ClN2O2. The number of hydrogen-bond donors (Lipinski definition) is 1. The molecule has 1 aromatic heterocycles. The van der Waals surface area contributed by atoms with Gasteiger partial charge in [-0.2, -0.15) is 0 Å². The van der Waals surface area contributed by atoms with Crippen molar-refractivity contribution in [1.29, 1.82) is 0 Å². The van der Waals surface area contributed by atoms with Gasteiger partial charge in [-0.15, -0.1) is 0 Å². The van der Waals surface area contributed by atoms with E-state index in [2.05, 4.69) is 10.3 Å². The van der Waals surface area contributed by atoms with Crippen molar-refractivity contribution in [2.45, 2.75) is 26.3 Å². The van der Waals surface area contributed by atoms with Crippen LogP contribution in [0.2, 0.25) is 5.15 Å². The van der Waals surface area contributed by atoms with Crippen LogP contribution in [-0.4, -0.2) is 23.5 Å². The van der Waals surface area contributed by atoms with Crippen molar-refractivity contribution in [2.24, 2.45) is 0 Å². The lowest BCUT2D eigenvalue weighted by molar-refractivity contribution is 0.0919. The number of carbonyl (C=O) groups excluding carboxylic acids is 1. The van der Waals surface area contributed by atoms with E-state index in [1.807, 2.05) is 20.8 Å². The van der Waals surface area contributed by atoms with Crippen LogP contribution >= 0.6 is 11.6 Å². The number of rotatable bonds is 2. The average Bonchev–Trinajstić information content (AvgIpc) is 2.14. The van der Waals surface area contributed by atoms with Gasteiger partial charge < -0.3 is 10.1 Å². The number of methoxy groups -OCH3 is 1. The van der Waals surface area contributed by atoms with Crippen molar-refractivity contribution in [1.82, 2.24) is 10.3 Å². The van der Waals surface area contributed by atoms with Crippen molar-refractivity contribution >= 4 is 17.5 Å². The Morgan fingerprint density at radius 2 is 2.06 bits per heavy atom. The molecule has 0 saturated heterocycles. The second-order valence-corrected chi connectivity index (χ2v) is 4.81. The molecule has 88 valence electrons. The van der Waals surface area contributed by atoms with Crippen LogP contribution in [0.15, 0.2) is 12.1 Å². The van der Waals surface area contributed by atoms with Gasteiger partial charge in [0, 0.05) is 17.2 Å². The number of amides is 1. The summed E-state index contributed by atoms with van der Waals surface area (Å²) in [7, 11) is 1.48. The Morgan fingerprint density at radius 3 is 2.56 bits per heavy atom. The number of halogens is 1. The highest BCUT2D eigenvalue weighted by atomic mass is 35.5. The van der Waals surface area contributed by atoms with Gasteiger partial charge >= 0.3 is 0 Å². The van der Waals surface area contributed by atoms with Crippen molar-refractivity contribution in [3.8, 4) is 5.88 Å². The second kappa shape index (κ2) is 4.70. The summed E-state index contributed by atoms with van der Waals surface area (Å²) in [4.78, 5) is 15.7. The molecule has 1 heterocycles. The van der Waals surface area contributed by atoms with E-state index in [0.29, 0.717) is 11.4 Å². The monoisotopic (exact) mass is 242 g/mol. The number of aromatic nitrogens is 1. The molecule has 16 heavy (non-hydrogen) atoms. The Balaban J connectivity index is 2.95. The van der Waals surface area contributed by atoms with E-state index in [1.54, 1.807) is 6.07 Å². The fraction of sp³-hybridized carbons (Fsp3) is 0.455. The van der Waals surface area contributed by atoms with Gasteiger partial charge in [0.1, 0.15) is 5.15 Å². The van der Waals surface area contributed by atoms with Gasteiger partial charge in [0.25, 0.3) is 5.91 Å². The molecule has 5 heteroatoms. The minimum Gasteiger partial charge on any atom is -0.481 e. The number of hydrogen-bond acceptors (Lipinski definition) is 3. The molecule has 0 unspecified atom stereocenters. The SMILES string of the molecule is COc1cc(C(=O)NC(C)(C)C)cc(Cl)n1. The molecule has 0 spiro atoms. The Kier molecular flexibility index (Phi) is 3.75. The summed E-state index contributed by atoms with van der Waals surface area (Å²) in [5.41, 5.74) is 0.145. The molecule has 0 atom stereocenters. The van der Waals surface area contributed by atoms with Crippen LogP contribution in [-0.2, 0) is 0 Å². The smallest absolute Gasteiger partial charge is 0.251 e. The largest absolute Gasteiger partial charge is 0.481 e. The molecule has 0 aromatic carbocycles. The predicted molar refractivity (Wildman–Crippen MR) is 63.0 cm³/mol. The van der Waals surface area contributed by atoms with Crippen LogP contribution in [0.5, 0.6) is 5.88 Å². The van der Waals surface area contributed by atoms with E-state index in [-0.39, 0.29) is 16.6 Å². The molecule has 1 amide bonds. The normalized spacial score (nSPS) is 11.1. The molecule has 4 nitrogen and oxygen atoms in total. The van der Waals surface area contributed by atoms with E-state index >= 15 is 0 Å². The molecule has 0 aliphatic rings. The summed E-state index contributed by atoms with van der Waals surface area (Å²) in [6, 6.07) is 3.05. The fourth-order valence-corrected chi connectivity index (χ4v) is 1.32. The van der Waals surface area contributed by atoms with Crippen LogP contribution in [0, 0.1) is 0 Å². The topological polar surface area (TPSA) is 51.2 Å². The molecular weight excluding hydrogens is 228 g/mol. The van der Waals surface area contributed by atoms with Crippen molar-refractivity contribution in [3.05, 3.63) is 22.8 Å². The summed E-state index contributed by atoms with van der Waals surface area (Å²) in [5.74, 6) is 0.127. The van der Waals surface area contributed by atoms with E-state index in [1.165, 1.54) is 13.2 Å². The van der Waals surface area contributed by atoms with Crippen molar-refractivity contribution in [2.75, 3.05) is 7.11 Å². The lowest BCUT2D eigenvalue weighted by Crippen LogP contribution is -2.40. The Bertz CT molecular complexity index is 399. The molecule has 0 aliphatic heterocycles. The summed E-state index contributed by atoms with van der Waals surface area (Å²) < 4.78 is 4.94. The Morgan fingerprint density at radius 1 is 1.44 bits per heavy atom. The third kappa shape index (κ3) is 3.70. The highest BCUT2D eigenvalue weighted by Gasteiger charge is 2.16. The molecule has 1 rings (SSSR count). The van der Waals surface area contributed by atoms with Gasteiger partial charge in [-0.3, -0.25) is 4.79 Å². The van der Waals surface area contributed by atoms with Crippen molar-refractivity contribution in [3.63, 3.8) is 0 Å². The number of pyridine rings is 1. The maximum Gasteiger partial charge on any atom is 0.251 e. The quantitative estimate of drug-likeness (QED) is 0.810. The summed E-state index contributed by atoms with van der Waals surface area (Å²) in [6.07, 6.45) is 0. The van der Waals surface area contributed by atoms with Crippen LogP contribution in [0.1, 0.15) is 31.1 Å². The van der Waals surface area contributed by atoms with E-state index < -0.39 is 0 Å². The molecule has 0 saturated carbocycles. The molecule has 1 N–H and O–H groups in total. The molecule has 0 bridgehead atoms. The summed E-state index contributed by atoms with van der Waals surface area (Å²) in [6.45, 7) is 5.72. The first kappa shape index (κ1) is 12.8. The van der Waals surface area contributed by atoms with Gasteiger partial charge in [0.05, 0.1) is 7.11 Å². The van der Waals surface area contributed by atoms with Gasteiger partial charge in [0.15, 0.2) is 0 Å². The van der Waals surface area contributed by atoms with Crippen LogP contribution in [0.3, 0.4) is 0 Å². The van der Waals surface area contributed by atoms with Crippen LogP contribution in [0.25, 0.3) is 0 Å². The van der Waals surface area contributed by atoms with Gasteiger partial charge in [-0.1, -0.05) is 11.6 Å². The maximum absolute atomic E-state index is 11.8. The predicted octanol–water partition coefficient (Wildman–Crippen LogP) is 2.27. The van der Waals surface area contributed by atoms with E-state index in [9.17, 15) is 4.79 Å². The number of nitrogens with one attached hydrogen (secondary N) is 1. The average molecular weight is 243 g/mol. The molecule has 0 fully saturated rings. The number of carbonyl (C=O) groups is 1. The lowest BCUT2D eigenvalue weighted by Gasteiger charge is -2.20. The number of ether oxygens (including phenoxy) is 1. The summed E-state index contributed by atoms with van der Waals surface area (Å²) >= 11 is 5.77. The summed E-state index contributed by atoms with van der Waals surface area (Å²) in [5, 5.41) is 3.07. The zero-order chi connectivity index (χ0) is 12.3. The van der Waals surface area contributed by atoms with Crippen LogP contribution in [0.4, 0.5) is 0 Å². The van der Waals surface area contributed by atoms with Gasteiger partial charge in [-0.05, 0) is 26.8 Å². The maximum atomic E-state index is 11.8. The Labute approximate surface area is 100.0 Å². The third-order valence-corrected chi connectivity index (χ3v) is 1.92.